The molecule has 1 unspecified atom stereocenters. The molecule has 1 aromatic carbocycles. The fraction of sp³-hybridized carbons (Fsp3) is 0.500. The smallest absolute Gasteiger partial charge is 0.223 e. The van der Waals surface area contributed by atoms with Crippen molar-refractivity contribution in [2.45, 2.75) is 33.3 Å². The number of carbonyl (C=O) groups is 1. The van der Waals surface area contributed by atoms with E-state index in [9.17, 15) is 4.79 Å². The molecule has 0 saturated carbocycles. The Balaban J connectivity index is 2.35. The fourth-order valence-corrected chi connectivity index (χ4v) is 1.62. The van der Waals surface area contributed by atoms with Crippen LogP contribution in [0.15, 0.2) is 18.2 Å². The lowest BCUT2D eigenvalue weighted by atomic mass is 10.1. The van der Waals surface area contributed by atoms with Gasteiger partial charge in [-0.25, -0.2) is 0 Å². The van der Waals surface area contributed by atoms with E-state index in [4.69, 9.17) is 9.84 Å². The van der Waals surface area contributed by atoms with Crippen molar-refractivity contribution in [3.05, 3.63) is 29.3 Å². The highest BCUT2D eigenvalue weighted by Crippen LogP contribution is 2.22. The zero-order valence-corrected chi connectivity index (χ0v) is 11.2. The summed E-state index contributed by atoms with van der Waals surface area (Å²) >= 11 is 0. The number of rotatable bonds is 6. The van der Waals surface area contributed by atoms with E-state index in [2.05, 4.69) is 5.32 Å². The molecule has 0 spiro atoms. The Morgan fingerprint density at radius 2 is 2.00 bits per heavy atom. The van der Waals surface area contributed by atoms with Crippen molar-refractivity contribution in [3.63, 3.8) is 0 Å². The summed E-state index contributed by atoms with van der Waals surface area (Å²) in [6, 6.07) is 5.94. The van der Waals surface area contributed by atoms with Gasteiger partial charge in [0.1, 0.15) is 5.75 Å². The van der Waals surface area contributed by atoms with Crippen molar-refractivity contribution in [1.82, 2.24) is 5.32 Å². The Labute approximate surface area is 108 Å². The van der Waals surface area contributed by atoms with E-state index in [1.54, 1.807) is 6.92 Å². The van der Waals surface area contributed by atoms with Gasteiger partial charge >= 0.3 is 0 Å². The summed E-state index contributed by atoms with van der Waals surface area (Å²) in [6.45, 7) is 6.22. The van der Waals surface area contributed by atoms with E-state index >= 15 is 0 Å². The third-order valence-electron chi connectivity index (χ3n) is 2.58. The zero-order valence-electron chi connectivity index (χ0n) is 11.2. The van der Waals surface area contributed by atoms with Crippen LogP contribution in [-0.2, 0) is 4.79 Å². The number of aliphatic hydroxyl groups is 1. The second-order valence-corrected chi connectivity index (χ2v) is 4.47. The van der Waals surface area contributed by atoms with Crippen LogP contribution in [0.5, 0.6) is 5.75 Å². The molecule has 0 aliphatic carbocycles. The van der Waals surface area contributed by atoms with E-state index < -0.39 is 6.10 Å². The minimum absolute atomic E-state index is 0.109. The summed E-state index contributed by atoms with van der Waals surface area (Å²) in [7, 11) is 0. The van der Waals surface area contributed by atoms with Gasteiger partial charge in [0.15, 0.2) is 0 Å². The molecule has 1 rings (SSSR count). The first-order chi connectivity index (χ1) is 8.50. The van der Waals surface area contributed by atoms with Crippen molar-refractivity contribution in [2.24, 2.45) is 0 Å². The molecule has 0 heterocycles. The van der Waals surface area contributed by atoms with Crippen molar-refractivity contribution in [2.75, 3.05) is 13.2 Å². The van der Waals surface area contributed by atoms with Crippen LogP contribution >= 0.6 is 0 Å². The van der Waals surface area contributed by atoms with Crippen LogP contribution in [0.1, 0.15) is 24.5 Å². The van der Waals surface area contributed by atoms with Crippen LogP contribution in [0.2, 0.25) is 0 Å². The second kappa shape index (κ2) is 7.01. The number of nitrogens with one attached hydrogen (secondary N) is 1. The van der Waals surface area contributed by atoms with Gasteiger partial charge in [0.25, 0.3) is 0 Å². The summed E-state index contributed by atoms with van der Waals surface area (Å²) < 4.78 is 5.62. The lowest BCUT2D eigenvalue weighted by Crippen LogP contribution is -2.31. The largest absolute Gasteiger partial charge is 0.493 e. The second-order valence-electron chi connectivity index (χ2n) is 4.47. The summed E-state index contributed by atoms with van der Waals surface area (Å²) in [5.41, 5.74) is 2.14. The van der Waals surface area contributed by atoms with E-state index in [0.29, 0.717) is 13.0 Å². The van der Waals surface area contributed by atoms with Crippen LogP contribution in [0.25, 0.3) is 0 Å². The molecule has 0 fully saturated rings. The van der Waals surface area contributed by atoms with Crippen LogP contribution in [0.3, 0.4) is 0 Å². The van der Waals surface area contributed by atoms with E-state index in [1.165, 1.54) is 0 Å². The predicted molar refractivity (Wildman–Crippen MR) is 70.7 cm³/mol. The van der Waals surface area contributed by atoms with Crippen LogP contribution in [0, 0.1) is 13.8 Å². The number of hydrogen-bond donors (Lipinski definition) is 2. The maximum absolute atomic E-state index is 11.4. The third kappa shape index (κ3) is 4.75. The lowest BCUT2D eigenvalue weighted by molar-refractivity contribution is -0.122. The van der Waals surface area contributed by atoms with E-state index in [0.717, 1.165) is 16.9 Å². The number of carbonyl (C=O) groups excluding carboxylic acids is 1. The molecule has 0 bridgehead atoms. The average molecular weight is 251 g/mol. The van der Waals surface area contributed by atoms with Gasteiger partial charge in [-0.2, -0.15) is 0 Å². The van der Waals surface area contributed by atoms with Crippen molar-refractivity contribution in [1.29, 1.82) is 0 Å². The summed E-state index contributed by atoms with van der Waals surface area (Å²) in [5, 5.41) is 11.7. The molecule has 0 aromatic heterocycles. The molecular weight excluding hydrogens is 230 g/mol. The highest BCUT2D eigenvalue weighted by Gasteiger charge is 2.06. The van der Waals surface area contributed by atoms with E-state index in [-0.39, 0.29) is 12.5 Å². The summed E-state index contributed by atoms with van der Waals surface area (Å²) in [6.07, 6.45) is -0.228. The molecule has 0 radical (unpaired) electrons. The maximum atomic E-state index is 11.4. The standard InChI is InChI=1S/C14H21NO3/c1-10-5-4-6-11(2)14(10)18-8-7-13(17)15-9-12(3)16/h4-6,12,16H,7-9H2,1-3H3,(H,15,17). The molecule has 1 amide bonds. The lowest BCUT2D eigenvalue weighted by Gasteiger charge is -2.12. The maximum Gasteiger partial charge on any atom is 0.223 e. The van der Waals surface area contributed by atoms with Gasteiger partial charge in [0.05, 0.1) is 19.1 Å². The van der Waals surface area contributed by atoms with Gasteiger partial charge in [0, 0.05) is 6.54 Å². The number of amides is 1. The van der Waals surface area contributed by atoms with E-state index in [1.807, 2.05) is 32.0 Å². The Kier molecular flexibility index (Phi) is 5.65. The molecule has 18 heavy (non-hydrogen) atoms. The topological polar surface area (TPSA) is 58.6 Å². The van der Waals surface area contributed by atoms with Gasteiger partial charge in [-0.3, -0.25) is 4.79 Å². The van der Waals surface area contributed by atoms with Gasteiger partial charge in [-0.05, 0) is 31.9 Å². The quantitative estimate of drug-likeness (QED) is 0.807. The third-order valence-corrected chi connectivity index (χ3v) is 2.58. The van der Waals surface area contributed by atoms with Gasteiger partial charge in [-0.15, -0.1) is 0 Å². The van der Waals surface area contributed by atoms with Crippen molar-refractivity contribution >= 4 is 5.91 Å². The normalized spacial score (nSPS) is 12.0. The van der Waals surface area contributed by atoms with Crippen molar-refractivity contribution < 1.29 is 14.6 Å². The Morgan fingerprint density at radius 1 is 1.39 bits per heavy atom. The zero-order chi connectivity index (χ0) is 13.5. The Hall–Kier alpha value is -1.55. The monoisotopic (exact) mass is 251 g/mol. The first-order valence-corrected chi connectivity index (χ1v) is 6.14. The minimum Gasteiger partial charge on any atom is -0.493 e. The molecule has 0 saturated heterocycles. The number of hydrogen-bond acceptors (Lipinski definition) is 3. The Bertz CT molecular complexity index is 382. The average Bonchev–Trinajstić information content (AvgIpc) is 2.30. The number of benzene rings is 1. The molecule has 0 aliphatic rings. The minimum atomic E-state index is -0.520. The fourth-order valence-electron chi connectivity index (χ4n) is 1.62. The van der Waals surface area contributed by atoms with Gasteiger partial charge < -0.3 is 15.2 Å². The first-order valence-electron chi connectivity index (χ1n) is 6.14. The van der Waals surface area contributed by atoms with Crippen LogP contribution in [-0.4, -0.2) is 30.3 Å². The summed E-state index contributed by atoms with van der Waals surface area (Å²) in [5.74, 6) is 0.739. The number of para-hydroxylation sites is 1. The number of aliphatic hydroxyl groups excluding tert-OH is 1. The molecule has 0 aliphatic heterocycles. The molecule has 4 nitrogen and oxygen atoms in total. The molecular formula is C14H21NO3. The molecule has 1 atom stereocenters. The van der Waals surface area contributed by atoms with Gasteiger partial charge in [0.2, 0.25) is 5.91 Å². The Morgan fingerprint density at radius 3 is 2.56 bits per heavy atom. The van der Waals surface area contributed by atoms with Crippen LogP contribution < -0.4 is 10.1 Å². The number of aryl methyl sites for hydroxylation is 2. The highest BCUT2D eigenvalue weighted by atomic mass is 16.5. The molecule has 2 N–H and O–H groups in total. The summed E-state index contributed by atoms with van der Waals surface area (Å²) in [4.78, 5) is 11.4. The van der Waals surface area contributed by atoms with Crippen LogP contribution in [0.4, 0.5) is 0 Å². The van der Waals surface area contributed by atoms with Gasteiger partial charge in [-0.1, -0.05) is 18.2 Å². The molecule has 100 valence electrons. The SMILES string of the molecule is Cc1cccc(C)c1OCCC(=O)NCC(C)O. The highest BCUT2D eigenvalue weighted by molar-refractivity contribution is 5.76. The predicted octanol–water partition coefficient (Wildman–Crippen LogP) is 1.57. The number of ether oxygens (including phenoxy) is 1. The molecule has 1 aromatic rings. The first kappa shape index (κ1) is 14.5. The molecule has 4 heteroatoms. The van der Waals surface area contributed by atoms with Crippen molar-refractivity contribution in [3.8, 4) is 5.75 Å².